The number of carboxylic acids is 1. The summed E-state index contributed by atoms with van der Waals surface area (Å²) in [5.74, 6) is -1.97. The van der Waals surface area contributed by atoms with Crippen molar-refractivity contribution < 1.29 is 38.2 Å². The lowest BCUT2D eigenvalue weighted by Crippen LogP contribution is -2.51. The Kier molecular flexibility index (Phi) is 15.2. The van der Waals surface area contributed by atoms with Crippen molar-refractivity contribution in [3.8, 4) is 5.75 Å². The van der Waals surface area contributed by atoms with E-state index in [1.165, 1.54) is 11.8 Å². The van der Waals surface area contributed by atoms with E-state index in [1.807, 2.05) is 54.6 Å². The van der Waals surface area contributed by atoms with Crippen molar-refractivity contribution in [1.82, 2.24) is 10.6 Å². The van der Waals surface area contributed by atoms with E-state index in [1.54, 1.807) is 34.6 Å². The van der Waals surface area contributed by atoms with Gasteiger partial charge in [0.1, 0.15) is 30.0 Å². The van der Waals surface area contributed by atoms with Gasteiger partial charge in [0.2, 0.25) is 14.2 Å². The highest BCUT2D eigenvalue weighted by Crippen LogP contribution is 2.37. The Morgan fingerprint density at radius 1 is 0.918 bits per heavy atom. The normalized spacial score (nSPS) is 14.6. The number of carbonyl (C=O) groups is 4. The third-order valence-corrected chi connectivity index (χ3v) is 13.8. The van der Waals surface area contributed by atoms with Crippen LogP contribution in [0.2, 0.25) is 18.1 Å². The Hall–Kier alpha value is -3.55. The Bertz CT molecular complexity index is 1390. The molecule has 2 aromatic rings. The zero-order chi connectivity index (χ0) is 37.2. The monoisotopic (exact) mass is 717 g/mol. The van der Waals surface area contributed by atoms with Gasteiger partial charge in [-0.05, 0) is 81.1 Å². The van der Waals surface area contributed by atoms with E-state index in [4.69, 9.17) is 19.6 Å². The molecule has 2 rings (SSSR count). The largest absolute Gasteiger partial charge is 0.544 e. The van der Waals surface area contributed by atoms with Crippen molar-refractivity contribution in [3.05, 3.63) is 60.2 Å². The number of nitrogens with two attached hydrogens (primary N) is 1. The first-order chi connectivity index (χ1) is 22.6. The Labute approximate surface area is 296 Å². The summed E-state index contributed by atoms with van der Waals surface area (Å²) < 4.78 is 17.5. The number of carbonyl (C=O) groups excluding carboxylic acids is 3. The van der Waals surface area contributed by atoms with Crippen LogP contribution in [0, 0.1) is 5.92 Å². The molecular weight excluding hydrogens is 663 g/mol. The Morgan fingerprint density at radius 3 is 2.02 bits per heavy atom. The lowest BCUT2D eigenvalue weighted by molar-refractivity contribution is -0.146. The predicted octanol–water partition coefficient (Wildman–Crippen LogP) is 6.15. The van der Waals surface area contributed by atoms with Crippen molar-refractivity contribution in [2.24, 2.45) is 11.7 Å². The predicted molar refractivity (Wildman–Crippen MR) is 195 cm³/mol. The van der Waals surface area contributed by atoms with Gasteiger partial charge in [-0.2, -0.15) is 0 Å². The van der Waals surface area contributed by atoms with Crippen molar-refractivity contribution in [3.63, 3.8) is 0 Å². The number of amides is 2. The Morgan fingerprint density at radius 2 is 1.51 bits per heavy atom. The van der Waals surface area contributed by atoms with E-state index in [0.29, 0.717) is 0 Å². The summed E-state index contributed by atoms with van der Waals surface area (Å²) in [5.41, 5.74) is 6.28. The summed E-state index contributed by atoms with van der Waals surface area (Å²) in [6.45, 7) is 19.1. The number of hydrogen-bond acceptors (Lipinski definition) is 9. The first kappa shape index (κ1) is 41.6. The number of alkyl carbamates (subject to hydrolysis) is 1. The summed E-state index contributed by atoms with van der Waals surface area (Å²) in [4.78, 5) is 51.9. The molecule has 0 fully saturated rings. The van der Waals surface area contributed by atoms with Gasteiger partial charge >= 0.3 is 18.0 Å². The van der Waals surface area contributed by atoms with Crippen LogP contribution in [0.4, 0.5) is 4.79 Å². The van der Waals surface area contributed by atoms with Crippen LogP contribution in [0.25, 0.3) is 0 Å². The lowest BCUT2D eigenvalue weighted by atomic mass is 10.0. The van der Waals surface area contributed by atoms with E-state index in [9.17, 15) is 24.3 Å². The fraction of sp³-hybridized carbons (Fsp3) is 0.556. The molecule has 0 aliphatic rings. The highest BCUT2D eigenvalue weighted by Gasteiger charge is 2.39. The second kappa shape index (κ2) is 17.9. The molecule has 49 heavy (non-hydrogen) atoms. The zero-order valence-electron chi connectivity index (χ0n) is 30.5. The van der Waals surface area contributed by atoms with Crippen LogP contribution in [-0.2, 0) is 30.3 Å². The third-order valence-electron chi connectivity index (χ3n) is 8.08. The van der Waals surface area contributed by atoms with Crippen LogP contribution >= 0.6 is 11.8 Å². The van der Waals surface area contributed by atoms with Crippen LogP contribution in [0.5, 0.6) is 5.75 Å². The molecule has 5 N–H and O–H groups in total. The molecule has 0 heterocycles. The van der Waals surface area contributed by atoms with Gasteiger partial charge in [-0.1, -0.05) is 65.0 Å². The maximum atomic E-state index is 13.2. The van der Waals surface area contributed by atoms with E-state index < -0.39 is 61.2 Å². The molecule has 0 aliphatic heterocycles. The number of benzene rings is 2. The number of thioether (sulfide) groups is 1. The highest BCUT2D eigenvalue weighted by molar-refractivity contribution is 8.00. The standard InChI is InChI=1S/C36H55N3O8SSi/c1-23(2)31(32(41)42)39-30(40)21-29(48-26-14-12-11-13-15-26)28(38-34(44)46-35(3,4)5)22-45-33(43)27(37)20-24-16-18-25(19-17-24)47-49(9,10)36(6,7)8/h11-19,23,27-29,31H,20-22,37H2,1-10H3,(H,38,44)(H,39,40)(H,41,42)/t27-,28-,29?,31-/m0/s1. The van der Waals surface area contributed by atoms with Gasteiger partial charge in [0.05, 0.1) is 6.04 Å². The van der Waals surface area contributed by atoms with Crippen molar-refractivity contribution >= 4 is 44.0 Å². The first-order valence-corrected chi connectivity index (χ1v) is 20.3. The molecule has 0 saturated heterocycles. The van der Waals surface area contributed by atoms with Crippen molar-refractivity contribution in [2.45, 2.75) is 120 Å². The average molecular weight is 718 g/mol. The second-order valence-corrected chi connectivity index (χ2v) is 21.0. The minimum Gasteiger partial charge on any atom is -0.544 e. The second-order valence-electron chi connectivity index (χ2n) is 15.0. The number of nitrogens with one attached hydrogen (secondary N) is 2. The maximum absolute atomic E-state index is 13.2. The SMILES string of the molecule is CC(C)[C@H](NC(=O)CC(Sc1ccccc1)[C@H](COC(=O)[C@@H](N)Cc1ccc(O[Si](C)(C)C(C)(C)C)cc1)NC(=O)OC(C)(C)C)C(=O)O. The number of ether oxygens (including phenoxy) is 2. The molecule has 0 spiro atoms. The minimum atomic E-state index is -2.01. The first-order valence-electron chi connectivity index (χ1n) is 16.5. The van der Waals surface area contributed by atoms with E-state index in [2.05, 4.69) is 44.5 Å². The minimum absolute atomic E-state index is 0.0470. The molecule has 0 radical (unpaired) electrons. The van der Waals surface area contributed by atoms with E-state index >= 15 is 0 Å². The van der Waals surface area contributed by atoms with Gasteiger partial charge in [-0.3, -0.25) is 9.59 Å². The van der Waals surface area contributed by atoms with Crippen LogP contribution in [0.15, 0.2) is 59.5 Å². The van der Waals surface area contributed by atoms with Crippen LogP contribution in [-0.4, -0.2) is 72.9 Å². The zero-order valence-corrected chi connectivity index (χ0v) is 32.3. The molecule has 2 amide bonds. The maximum Gasteiger partial charge on any atom is 0.408 e. The number of hydrogen-bond donors (Lipinski definition) is 4. The molecular formula is C36H55N3O8SSi. The molecule has 0 aromatic heterocycles. The lowest BCUT2D eigenvalue weighted by Gasteiger charge is -2.36. The molecule has 1 unspecified atom stereocenters. The quantitative estimate of drug-likeness (QED) is 0.0899. The molecule has 0 saturated carbocycles. The summed E-state index contributed by atoms with van der Waals surface area (Å²) in [7, 11) is -2.01. The summed E-state index contributed by atoms with van der Waals surface area (Å²) >= 11 is 1.29. The topological polar surface area (TPSA) is 166 Å². The van der Waals surface area contributed by atoms with Gasteiger partial charge < -0.3 is 35.4 Å². The molecule has 4 atom stereocenters. The average Bonchev–Trinajstić information content (AvgIpc) is 2.97. The van der Waals surface area contributed by atoms with Gasteiger partial charge in [0.15, 0.2) is 0 Å². The van der Waals surface area contributed by atoms with Crippen molar-refractivity contribution in [2.75, 3.05) is 6.61 Å². The van der Waals surface area contributed by atoms with Crippen LogP contribution < -0.4 is 20.8 Å². The smallest absolute Gasteiger partial charge is 0.408 e. The number of rotatable bonds is 16. The van der Waals surface area contributed by atoms with Crippen LogP contribution in [0.3, 0.4) is 0 Å². The summed E-state index contributed by atoms with van der Waals surface area (Å²) in [5, 5.41) is 14.3. The Balaban J connectivity index is 2.25. The van der Waals surface area contributed by atoms with Gasteiger partial charge in [-0.25, -0.2) is 9.59 Å². The highest BCUT2D eigenvalue weighted by atomic mass is 32.2. The fourth-order valence-corrected chi connectivity index (χ4v) is 6.57. The molecule has 13 heteroatoms. The molecule has 11 nitrogen and oxygen atoms in total. The number of esters is 1. The van der Waals surface area contributed by atoms with Gasteiger partial charge in [0.25, 0.3) is 0 Å². The fourth-order valence-electron chi connectivity index (χ4n) is 4.33. The van der Waals surface area contributed by atoms with E-state index in [-0.39, 0.29) is 30.4 Å². The van der Waals surface area contributed by atoms with E-state index in [0.717, 1.165) is 16.2 Å². The third kappa shape index (κ3) is 14.4. The molecule has 0 aliphatic carbocycles. The molecule has 0 bridgehead atoms. The van der Waals surface area contributed by atoms with Gasteiger partial charge in [-0.15, -0.1) is 11.8 Å². The number of aliphatic carboxylic acids is 1. The molecule has 2 aromatic carbocycles. The molecule has 272 valence electrons. The van der Waals surface area contributed by atoms with Crippen LogP contribution in [0.1, 0.15) is 67.4 Å². The summed E-state index contributed by atoms with van der Waals surface area (Å²) in [6, 6.07) is 13.7. The summed E-state index contributed by atoms with van der Waals surface area (Å²) in [6.07, 6.45) is -0.745. The van der Waals surface area contributed by atoms with Crippen molar-refractivity contribution in [1.29, 1.82) is 0 Å². The van der Waals surface area contributed by atoms with Gasteiger partial charge in [0, 0.05) is 16.6 Å². The number of carboxylic acid groups (broad SMARTS) is 1.